The molecule has 1 aromatic heterocycles. The van der Waals surface area contributed by atoms with Gasteiger partial charge in [-0.2, -0.15) is 0 Å². The lowest BCUT2D eigenvalue weighted by Crippen LogP contribution is -2.20. The summed E-state index contributed by atoms with van der Waals surface area (Å²) < 4.78 is 14.0. The molecule has 0 radical (unpaired) electrons. The maximum atomic E-state index is 13.5. The van der Waals surface area contributed by atoms with Gasteiger partial charge in [0, 0.05) is 6.20 Å². The Labute approximate surface area is 120 Å². The Morgan fingerprint density at radius 2 is 2.16 bits per heavy atom. The monoisotopic (exact) mass is 323 g/mol. The minimum Gasteiger partial charge on any atom is -0.311 e. The van der Waals surface area contributed by atoms with Crippen molar-refractivity contribution in [3.63, 3.8) is 0 Å². The van der Waals surface area contributed by atoms with Crippen molar-refractivity contribution >= 4 is 15.9 Å². The topological polar surface area (TPSA) is 37.8 Å². The summed E-state index contributed by atoms with van der Waals surface area (Å²) in [6.45, 7) is 1.86. The highest BCUT2D eigenvalue weighted by Crippen LogP contribution is 2.25. The van der Waals surface area contributed by atoms with E-state index in [9.17, 15) is 4.39 Å². The molecule has 0 bridgehead atoms. The van der Waals surface area contributed by atoms with Gasteiger partial charge in [0.2, 0.25) is 0 Å². The van der Waals surface area contributed by atoms with E-state index in [1.165, 1.54) is 6.07 Å². The second kappa shape index (κ2) is 6.21. The number of halogens is 2. The van der Waals surface area contributed by atoms with Crippen LogP contribution in [0.15, 0.2) is 34.9 Å². The molecule has 1 unspecified atom stereocenters. The molecule has 1 atom stereocenters. The number of hydrogen-bond donors (Lipinski definition) is 1. The summed E-state index contributed by atoms with van der Waals surface area (Å²) >= 11 is 3.29. The normalized spacial score (nSPS) is 12.4. The fourth-order valence-corrected chi connectivity index (χ4v) is 2.38. The molecule has 1 heterocycles. The molecule has 19 heavy (non-hydrogen) atoms. The number of nitrogens with one attached hydrogen (secondary N) is 1. The third kappa shape index (κ3) is 3.36. The molecule has 1 aromatic carbocycles. The molecule has 2 rings (SSSR count). The van der Waals surface area contributed by atoms with Gasteiger partial charge in [0.05, 0.1) is 16.2 Å². The summed E-state index contributed by atoms with van der Waals surface area (Å²) in [5.74, 6) is 0.488. The van der Waals surface area contributed by atoms with Gasteiger partial charge in [0.15, 0.2) is 0 Å². The summed E-state index contributed by atoms with van der Waals surface area (Å²) in [7, 11) is 1.87. The molecule has 100 valence electrons. The van der Waals surface area contributed by atoms with Gasteiger partial charge < -0.3 is 5.32 Å². The summed E-state index contributed by atoms with van der Waals surface area (Å²) in [4.78, 5) is 8.50. The molecule has 2 aromatic rings. The molecule has 0 aliphatic carbocycles. The molecule has 3 nitrogen and oxygen atoms in total. The fourth-order valence-electron chi connectivity index (χ4n) is 1.95. The molecule has 1 N–H and O–H groups in total. The Morgan fingerprint density at radius 3 is 2.84 bits per heavy atom. The van der Waals surface area contributed by atoms with Crippen molar-refractivity contribution in [1.29, 1.82) is 0 Å². The Bertz CT molecular complexity index is 574. The maximum absolute atomic E-state index is 13.5. The third-order valence-corrected chi connectivity index (χ3v) is 3.85. The smallest absolute Gasteiger partial charge is 0.137 e. The predicted molar refractivity (Wildman–Crippen MR) is 76.4 cm³/mol. The van der Waals surface area contributed by atoms with Crippen molar-refractivity contribution in [3.8, 4) is 0 Å². The van der Waals surface area contributed by atoms with Crippen LogP contribution < -0.4 is 5.32 Å². The number of aromatic nitrogens is 2. The van der Waals surface area contributed by atoms with E-state index in [1.54, 1.807) is 12.3 Å². The lowest BCUT2D eigenvalue weighted by Gasteiger charge is -2.17. The molecule has 0 spiro atoms. The van der Waals surface area contributed by atoms with Gasteiger partial charge in [-0.1, -0.05) is 12.1 Å². The number of benzene rings is 1. The quantitative estimate of drug-likeness (QED) is 0.939. The largest absolute Gasteiger partial charge is 0.311 e. The van der Waals surface area contributed by atoms with Crippen molar-refractivity contribution in [2.75, 3.05) is 7.05 Å². The second-order valence-electron chi connectivity index (χ2n) is 4.29. The summed E-state index contributed by atoms with van der Waals surface area (Å²) in [5, 5.41) is 3.21. The van der Waals surface area contributed by atoms with E-state index in [1.807, 2.05) is 26.1 Å². The van der Waals surface area contributed by atoms with Gasteiger partial charge in [0.25, 0.3) is 0 Å². The van der Waals surface area contributed by atoms with Crippen molar-refractivity contribution in [1.82, 2.24) is 15.3 Å². The van der Waals surface area contributed by atoms with E-state index in [0.717, 1.165) is 17.1 Å². The first-order valence-corrected chi connectivity index (χ1v) is 6.81. The lowest BCUT2D eigenvalue weighted by atomic mass is 10.0. The van der Waals surface area contributed by atoms with Crippen LogP contribution >= 0.6 is 15.9 Å². The van der Waals surface area contributed by atoms with E-state index < -0.39 is 0 Å². The Kier molecular flexibility index (Phi) is 4.61. The molecule has 0 aliphatic rings. The summed E-state index contributed by atoms with van der Waals surface area (Å²) in [5.41, 5.74) is 1.82. The minimum atomic E-state index is -0.244. The average Bonchev–Trinajstić information content (AvgIpc) is 2.40. The highest BCUT2D eigenvalue weighted by molar-refractivity contribution is 9.10. The highest BCUT2D eigenvalue weighted by atomic mass is 79.9. The Hall–Kier alpha value is -1.33. The predicted octanol–water partition coefficient (Wildman–Crippen LogP) is 3.19. The number of aryl methyl sites for hydroxylation is 1. The number of rotatable bonds is 4. The zero-order valence-corrected chi connectivity index (χ0v) is 12.4. The molecule has 5 heteroatoms. The van der Waals surface area contributed by atoms with Gasteiger partial charge in [-0.15, -0.1) is 0 Å². The molecular formula is C14H15BrFN3. The van der Waals surface area contributed by atoms with Gasteiger partial charge >= 0.3 is 0 Å². The number of likely N-dealkylation sites (N-methyl/N-ethyl adjacent to an activating group) is 1. The maximum Gasteiger partial charge on any atom is 0.137 e. The zero-order valence-electron chi connectivity index (χ0n) is 10.8. The lowest BCUT2D eigenvalue weighted by molar-refractivity contribution is 0.564. The first kappa shape index (κ1) is 14.1. The van der Waals surface area contributed by atoms with Crippen LogP contribution in [0.2, 0.25) is 0 Å². The first-order valence-electron chi connectivity index (χ1n) is 6.01. The number of nitrogens with zero attached hydrogens (tertiary/aromatic N) is 2. The van der Waals surface area contributed by atoms with E-state index >= 15 is 0 Å². The van der Waals surface area contributed by atoms with Crippen molar-refractivity contribution in [2.45, 2.75) is 19.4 Å². The van der Waals surface area contributed by atoms with E-state index in [0.29, 0.717) is 10.9 Å². The molecule has 0 fully saturated rings. The van der Waals surface area contributed by atoms with Crippen LogP contribution in [0.5, 0.6) is 0 Å². The first-order chi connectivity index (χ1) is 9.11. The number of hydrogen-bond acceptors (Lipinski definition) is 3. The van der Waals surface area contributed by atoms with Crippen LogP contribution in [0.3, 0.4) is 0 Å². The zero-order chi connectivity index (χ0) is 13.8. The van der Waals surface area contributed by atoms with Crippen molar-refractivity contribution in [3.05, 3.63) is 57.8 Å². The molecule has 0 saturated heterocycles. The van der Waals surface area contributed by atoms with Crippen LogP contribution in [-0.4, -0.2) is 17.0 Å². The Balaban J connectivity index is 2.26. The van der Waals surface area contributed by atoms with Crippen molar-refractivity contribution < 1.29 is 4.39 Å². The summed E-state index contributed by atoms with van der Waals surface area (Å²) in [6.07, 6.45) is 2.40. The highest BCUT2D eigenvalue weighted by Gasteiger charge is 2.15. The molecule has 0 aliphatic heterocycles. The van der Waals surface area contributed by atoms with Crippen LogP contribution in [-0.2, 0) is 6.42 Å². The minimum absolute atomic E-state index is 0.0276. The Morgan fingerprint density at radius 1 is 1.37 bits per heavy atom. The van der Waals surface area contributed by atoms with Gasteiger partial charge in [0.1, 0.15) is 11.6 Å². The van der Waals surface area contributed by atoms with Gasteiger partial charge in [-0.3, -0.25) is 0 Å². The SMILES string of the molecule is CNC(Cc1cccc(F)c1Br)c1ccnc(C)n1. The van der Waals surface area contributed by atoms with Crippen LogP contribution in [0.25, 0.3) is 0 Å². The van der Waals surface area contributed by atoms with Crippen LogP contribution in [0.4, 0.5) is 4.39 Å². The standard InChI is InChI=1S/C14H15BrFN3/c1-9-18-7-6-12(19-9)13(17-2)8-10-4-3-5-11(16)14(10)15/h3-7,13,17H,8H2,1-2H3. The molecule has 0 amide bonds. The third-order valence-electron chi connectivity index (χ3n) is 2.96. The van der Waals surface area contributed by atoms with Crippen molar-refractivity contribution in [2.24, 2.45) is 0 Å². The fraction of sp³-hybridized carbons (Fsp3) is 0.286. The average molecular weight is 324 g/mol. The molecule has 0 saturated carbocycles. The molecular weight excluding hydrogens is 309 g/mol. The van der Waals surface area contributed by atoms with Crippen LogP contribution in [0, 0.1) is 12.7 Å². The summed E-state index contributed by atoms with van der Waals surface area (Å²) in [6, 6.07) is 6.97. The van der Waals surface area contributed by atoms with E-state index in [4.69, 9.17) is 0 Å². The second-order valence-corrected chi connectivity index (χ2v) is 5.08. The van der Waals surface area contributed by atoms with E-state index in [2.05, 4.69) is 31.2 Å². The van der Waals surface area contributed by atoms with Crippen LogP contribution in [0.1, 0.15) is 23.1 Å². The van der Waals surface area contributed by atoms with Gasteiger partial charge in [-0.25, -0.2) is 14.4 Å². The van der Waals surface area contributed by atoms with E-state index in [-0.39, 0.29) is 11.9 Å². The van der Waals surface area contributed by atoms with Gasteiger partial charge in [-0.05, 0) is 54.0 Å².